The minimum Gasteiger partial charge on any atom is -0.387 e. The maximum absolute atomic E-state index is 13.5. The molecule has 1 aliphatic heterocycles. The average Bonchev–Trinajstić information content (AvgIpc) is 2.28. The summed E-state index contributed by atoms with van der Waals surface area (Å²) in [6.45, 7) is 0. The second-order valence-electron chi connectivity index (χ2n) is 4.37. The van der Waals surface area contributed by atoms with Crippen LogP contribution in [0.1, 0.15) is 30.9 Å². The van der Waals surface area contributed by atoms with Gasteiger partial charge in [-0.2, -0.15) is 0 Å². The lowest BCUT2D eigenvalue weighted by Gasteiger charge is -2.27. The first kappa shape index (κ1) is 12.5. The van der Waals surface area contributed by atoms with Gasteiger partial charge in [-0.3, -0.25) is 0 Å². The molecule has 0 bridgehead atoms. The molecule has 5 heteroatoms. The molecule has 1 aromatic rings. The van der Waals surface area contributed by atoms with E-state index in [1.54, 1.807) is 6.07 Å². The lowest BCUT2D eigenvalue weighted by molar-refractivity contribution is 0.160. The molecular formula is C12H15FO3S. The van der Waals surface area contributed by atoms with E-state index in [0.29, 0.717) is 12.8 Å². The lowest BCUT2D eigenvalue weighted by atomic mass is 10.0. The number of aliphatic hydroxyl groups is 1. The van der Waals surface area contributed by atoms with Crippen molar-refractivity contribution in [2.24, 2.45) is 0 Å². The molecule has 17 heavy (non-hydrogen) atoms. The van der Waals surface area contributed by atoms with Crippen LogP contribution >= 0.6 is 0 Å². The molecule has 0 saturated carbocycles. The first-order valence-corrected chi connectivity index (χ1v) is 7.38. The zero-order valence-corrected chi connectivity index (χ0v) is 10.2. The quantitative estimate of drug-likeness (QED) is 0.880. The Morgan fingerprint density at radius 2 is 2.00 bits per heavy atom. The highest BCUT2D eigenvalue weighted by Gasteiger charge is 2.36. The van der Waals surface area contributed by atoms with Crippen molar-refractivity contribution < 1.29 is 17.9 Å². The third-order valence-corrected chi connectivity index (χ3v) is 5.48. The molecule has 2 rings (SSSR count). The molecule has 1 aromatic carbocycles. The number of hydrogen-bond acceptors (Lipinski definition) is 3. The minimum atomic E-state index is -3.30. The third kappa shape index (κ3) is 2.50. The summed E-state index contributed by atoms with van der Waals surface area (Å²) >= 11 is 0. The summed E-state index contributed by atoms with van der Waals surface area (Å²) < 4.78 is 37.1. The summed E-state index contributed by atoms with van der Waals surface area (Å²) in [6, 6.07) is 5.77. The van der Waals surface area contributed by atoms with Crippen molar-refractivity contribution in [2.45, 2.75) is 30.6 Å². The topological polar surface area (TPSA) is 54.4 Å². The Hall–Kier alpha value is -0.940. The molecule has 1 N–H and O–H groups in total. The summed E-state index contributed by atoms with van der Waals surface area (Å²) in [4.78, 5) is 0. The summed E-state index contributed by atoms with van der Waals surface area (Å²) in [5.41, 5.74) is 0.0722. The molecule has 1 fully saturated rings. The van der Waals surface area contributed by atoms with Gasteiger partial charge in [0.25, 0.3) is 0 Å². The van der Waals surface area contributed by atoms with Crippen molar-refractivity contribution in [3.05, 3.63) is 35.6 Å². The second kappa shape index (κ2) is 4.74. The van der Waals surface area contributed by atoms with Crippen molar-refractivity contribution in [3.63, 3.8) is 0 Å². The van der Waals surface area contributed by atoms with Gasteiger partial charge < -0.3 is 5.11 Å². The van der Waals surface area contributed by atoms with Crippen molar-refractivity contribution in [1.82, 2.24) is 0 Å². The molecule has 0 spiro atoms. The van der Waals surface area contributed by atoms with E-state index in [9.17, 15) is 17.9 Å². The van der Waals surface area contributed by atoms with Crippen LogP contribution in [0.25, 0.3) is 0 Å². The highest BCUT2D eigenvalue weighted by atomic mass is 32.2. The van der Waals surface area contributed by atoms with Gasteiger partial charge >= 0.3 is 0 Å². The predicted molar refractivity (Wildman–Crippen MR) is 62.8 cm³/mol. The fourth-order valence-electron chi connectivity index (χ4n) is 2.25. The number of sulfone groups is 1. The zero-order valence-electron chi connectivity index (χ0n) is 9.34. The summed E-state index contributed by atoms with van der Waals surface area (Å²) in [5, 5.41) is 9.18. The SMILES string of the molecule is O=S1(=O)CCCCC1C(O)c1ccccc1F. The van der Waals surface area contributed by atoms with Crippen LogP contribution in [0.3, 0.4) is 0 Å². The van der Waals surface area contributed by atoms with Crippen LogP contribution in [0, 0.1) is 5.82 Å². The van der Waals surface area contributed by atoms with E-state index < -0.39 is 27.0 Å². The van der Waals surface area contributed by atoms with E-state index in [1.165, 1.54) is 18.2 Å². The van der Waals surface area contributed by atoms with E-state index in [2.05, 4.69) is 0 Å². The summed E-state index contributed by atoms with van der Waals surface area (Å²) in [5.74, 6) is -0.468. The van der Waals surface area contributed by atoms with Crippen LogP contribution in [0.4, 0.5) is 4.39 Å². The normalized spacial score (nSPS) is 25.4. The predicted octanol–water partition coefficient (Wildman–Crippen LogP) is 1.83. The Morgan fingerprint density at radius 1 is 1.29 bits per heavy atom. The van der Waals surface area contributed by atoms with Crippen molar-refractivity contribution in [1.29, 1.82) is 0 Å². The number of halogens is 1. The number of hydrogen-bond donors (Lipinski definition) is 1. The lowest BCUT2D eigenvalue weighted by Crippen LogP contribution is -2.34. The Morgan fingerprint density at radius 3 is 2.65 bits per heavy atom. The van der Waals surface area contributed by atoms with Crippen molar-refractivity contribution >= 4 is 9.84 Å². The summed E-state index contributed by atoms with van der Waals surface area (Å²) in [6.07, 6.45) is 0.525. The second-order valence-corrected chi connectivity index (χ2v) is 6.71. The Balaban J connectivity index is 2.31. The highest BCUT2D eigenvalue weighted by Crippen LogP contribution is 2.31. The first-order valence-electron chi connectivity index (χ1n) is 5.66. The number of aliphatic hydroxyl groups excluding tert-OH is 1. The van der Waals surface area contributed by atoms with Crippen molar-refractivity contribution in [3.8, 4) is 0 Å². The van der Waals surface area contributed by atoms with E-state index in [0.717, 1.165) is 6.42 Å². The van der Waals surface area contributed by atoms with Gasteiger partial charge in [0.15, 0.2) is 9.84 Å². The van der Waals surface area contributed by atoms with Gasteiger partial charge in [-0.15, -0.1) is 0 Å². The molecule has 1 saturated heterocycles. The molecule has 2 atom stereocenters. The maximum Gasteiger partial charge on any atom is 0.156 e. The van der Waals surface area contributed by atoms with Crippen LogP contribution in [0.5, 0.6) is 0 Å². The average molecular weight is 258 g/mol. The fraction of sp³-hybridized carbons (Fsp3) is 0.500. The van der Waals surface area contributed by atoms with Gasteiger partial charge in [0.05, 0.1) is 17.1 Å². The number of benzene rings is 1. The molecule has 0 radical (unpaired) electrons. The van der Waals surface area contributed by atoms with E-state index in [1.807, 2.05) is 0 Å². The molecule has 1 aliphatic rings. The molecule has 3 nitrogen and oxygen atoms in total. The fourth-order valence-corrected chi connectivity index (χ4v) is 4.22. The Kier molecular flexibility index (Phi) is 3.49. The molecule has 2 unspecified atom stereocenters. The number of rotatable bonds is 2. The van der Waals surface area contributed by atoms with Gasteiger partial charge in [-0.05, 0) is 18.9 Å². The third-order valence-electron chi connectivity index (χ3n) is 3.20. The van der Waals surface area contributed by atoms with Gasteiger partial charge in [-0.25, -0.2) is 12.8 Å². The van der Waals surface area contributed by atoms with Gasteiger partial charge in [-0.1, -0.05) is 24.6 Å². The molecular weight excluding hydrogens is 243 g/mol. The monoisotopic (exact) mass is 258 g/mol. The standard InChI is InChI=1S/C12H15FO3S/c13-10-6-2-1-5-9(10)12(14)11-7-3-4-8-17(11,15)16/h1-2,5-6,11-12,14H,3-4,7-8H2. The van der Waals surface area contributed by atoms with Gasteiger partial charge in [0, 0.05) is 5.56 Å². The van der Waals surface area contributed by atoms with Crippen LogP contribution in [0.15, 0.2) is 24.3 Å². The molecule has 0 amide bonds. The molecule has 94 valence electrons. The van der Waals surface area contributed by atoms with E-state index in [-0.39, 0.29) is 11.3 Å². The van der Waals surface area contributed by atoms with Crippen LogP contribution in [-0.4, -0.2) is 24.5 Å². The van der Waals surface area contributed by atoms with E-state index in [4.69, 9.17) is 0 Å². The van der Waals surface area contributed by atoms with E-state index >= 15 is 0 Å². The molecule has 0 aromatic heterocycles. The van der Waals surface area contributed by atoms with Gasteiger partial charge in [0.2, 0.25) is 0 Å². The Bertz CT molecular complexity index is 498. The first-order chi connectivity index (χ1) is 8.02. The van der Waals surface area contributed by atoms with Crippen LogP contribution < -0.4 is 0 Å². The minimum absolute atomic E-state index is 0.0722. The van der Waals surface area contributed by atoms with Crippen molar-refractivity contribution in [2.75, 3.05) is 5.75 Å². The maximum atomic E-state index is 13.5. The largest absolute Gasteiger partial charge is 0.387 e. The van der Waals surface area contributed by atoms with Crippen LogP contribution in [0.2, 0.25) is 0 Å². The summed E-state index contributed by atoms with van der Waals surface area (Å²) in [7, 11) is -3.30. The highest BCUT2D eigenvalue weighted by molar-refractivity contribution is 7.92. The zero-order chi connectivity index (χ0) is 12.5. The smallest absolute Gasteiger partial charge is 0.156 e. The molecule has 0 aliphatic carbocycles. The van der Waals surface area contributed by atoms with Gasteiger partial charge in [0.1, 0.15) is 5.82 Å². The van der Waals surface area contributed by atoms with Crippen LogP contribution in [-0.2, 0) is 9.84 Å². The molecule has 1 heterocycles. The Labute approximate surface area is 100 Å².